The summed E-state index contributed by atoms with van der Waals surface area (Å²) in [5.74, 6) is 1.16. The number of halogens is 1. The molecular weight excluding hydrogens is 447 g/mol. The number of nitrogens with zero attached hydrogens (tertiary/aromatic N) is 3. The van der Waals surface area contributed by atoms with E-state index in [0.29, 0.717) is 63.8 Å². The fraction of sp³-hybridized carbons (Fsp3) is 0.423. The number of anilines is 2. The summed E-state index contributed by atoms with van der Waals surface area (Å²) in [6.07, 6.45) is 0. The van der Waals surface area contributed by atoms with E-state index in [1.807, 2.05) is 12.1 Å². The molecule has 0 spiro atoms. The lowest BCUT2D eigenvalue weighted by atomic mass is 9.87. The monoisotopic (exact) mass is 482 g/mol. The second kappa shape index (κ2) is 13.1. The molecule has 1 heterocycles. The predicted molar refractivity (Wildman–Crippen MR) is 137 cm³/mol. The van der Waals surface area contributed by atoms with Gasteiger partial charge in [0.15, 0.2) is 5.82 Å². The number of aromatic nitrogens is 3. The molecule has 0 atom stereocenters. The number of ether oxygens (including phenoxy) is 2. The maximum absolute atomic E-state index is 13.2. The molecule has 0 saturated heterocycles. The Morgan fingerprint density at radius 3 is 2.06 bits per heavy atom. The van der Waals surface area contributed by atoms with Crippen LogP contribution in [0.3, 0.4) is 0 Å². The van der Waals surface area contributed by atoms with E-state index in [2.05, 4.69) is 58.5 Å². The summed E-state index contributed by atoms with van der Waals surface area (Å²) in [6, 6.07) is 14.5. The molecular formula is C26H35FN6O2. The smallest absolute Gasteiger partial charge is 0.228 e. The molecule has 8 nitrogen and oxygen atoms in total. The third kappa shape index (κ3) is 8.86. The third-order valence-electron chi connectivity index (χ3n) is 5.17. The fourth-order valence-corrected chi connectivity index (χ4v) is 3.21. The van der Waals surface area contributed by atoms with Gasteiger partial charge in [0, 0.05) is 25.2 Å². The minimum atomic E-state index is -0.269. The molecule has 0 amide bonds. The zero-order valence-corrected chi connectivity index (χ0v) is 20.7. The van der Waals surface area contributed by atoms with Crippen molar-refractivity contribution < 1.29 is 13.9 Å². The molecule has 3 aromatic rings. The molecule has 2 aromatic carbocycles. The number of rotatable bonds is 13. The highest BCUT2D eigenvalue weighted by Gasteiger charge is 2.14. The SMILES string of the molecule is CC(C)(C)c1ccc(-c2nc(NCCOCCOCCN)nc(NCc3ccc(F)cc3)n2)cc1. The Bertz CT molecular complexity index is 1040. The van der Waals surface area contributed by atoms with Gasteiger partial charge in [0.25, 0.3) is 0 Å². The standard InChI is InChI=1S/C26H35FN6O2/c1-26(2,3)21-8-6-20(7-9-21)23-31-24(29-13-15-35-17-16-34-14-12-28)33-25(32-23)30-18-19-4-10-22(27)11-5-19/h4-11H,12-18,28H2,1-3H3,(H2,29,30,31,32,33). The van der Waals surface area contributed by atoms with Gasteiger partial charge in [-0.15, -0.1) is 0 Å². The van der Waals surface area contributed by atoms with Crippen LogP contribution < -0.4 is 16.4 Å². The molecule has 188 valence electrons. The van der Waals surface area contributed by atoms with Crippen molar-refractivity contribution in [2.75, 3.05) is 50.2 Å². The second-order valence-corrected chi connectivity index (χ2v) is 9.05. The van der Waals surface area contributed by atoms with Crippen LogP contribution in [0, 0.1) is 5.82 Å². The molecule has 0 saturated carbocycles. The summed E-state index contributed by atoms with van der Waals surface area (Å²) in [6.45, 7) is 10.0. The normalized spacial score (nSPS) is 11.5. The lowest BCUT2D eigenvalue weighted by molar-refractivity contribution is 0.0547. The zero-order chi connectivity index (χ0) is 25.1. The Balaban J connectivity index is 1.69. The maximum atomic E-state index is 13.2. The first-order chi connectivity index (χ1) is 16.8. The average Bonchev–Trinajstić information content (AvgIpc) is 2.85. The van der Waals surface area contributed by atoms with Crippen LogP contribution in [-0.4, -0.2) is 54.5 Å². The van der Waals surface area contributed by atoms with Gasteiger partial charge in [0.05, 0.1) is 26.4 Å². The van der Waals surface area contributed by atoms with Gasteiger partial charge in [-0.25, -0.2) is 4.39 Å². The van der Waals surface area contributed by atoms with Crippen molar-refractivity contribution >= 4 is 11.9 Å². The molecule has 0 aliphatic carbocycles. The van der Waals surface area contributed by atoms with E-state index in [0.717, 1.165) is 11.1 Å². The van der Waals surface area contributed by atoms with Gasteiger partial charge < -0.3 is 25.8 Å². The predicted octanol–water partition coefficient (Wildman–Crippen LogP) is 3.99. The van der Waals surface area contributed by atoms with Crippen molar-refractivity contribution in [2.24, 2.45) is 5.73 Å². The molecule has 0 aliphatic rings. The van der Waals surface area contributed by atoms with Crippen molar-refractivity contribution in [3.8, 4) is 11.4 Å². The molecule has 0 fully saturated rings. The van der Waals surface area contributed by atoms with Gasteiger partial charge in [-0.3, -0.25) is 0 Å². The van der Waals surface area contributed by atoms with E-state index in [4.69, 9.17) is 15.2 Å². The Labute approximate surface area is 206 Å². The van der Waals surface area contributed by atoms with E-state index in [1.165, 1.54) is 17.7 Å². The van der Waals surface area contributed by atoms with E-state index in [-0.39, 0.29) is 11.2 Å². The van der Waals surface area contributed by atoms with Crippen LogP contribution in [0.1, 0.15) is 31.9 Å². The lowest BCUT2D eigenvalue weighted by Gasteiger charge is -2.19. The van der Waals surface area contributed by atoms with Gasteiger partial charge in [0.2, 0.25) is 11.9 Å². The van der Waals surface area contributed by atoms with E-state index in [9.17, 15) is 4.39 Å². The van der Waals surface area contributed by atoms with Crippen molar-refractivity contribution in [1.82, 2.24) is 15.0 Å². The molecule has 4 N–H and O–H groups in total. The topological polar surface area (TPSA) is 107 Å². The van der Waals surface area contributed by atoms with E-state index < -0.39 is 0 Å². The summed E-state index contributed by atoms with van der Waals surface area (Å²) < 4.78 is 24.1. The van der Waals surface area contributed by atoms with E-state index in [1.54, 1.807) is 12.1 Å². The van der Waals surface area contributed by atoms with Crippen molar-refractivity contribution in [3.05, 3.63) is 65.5 Å². The number of hydrogen-bond donors (Lipinski definition) is 3. The van der Waals surface area contributed by atoms with Crippen LogP contribution in [0.5, 0.6) is 0 Å². The molecule has 35 heavy (non-hydrogen) atoms. The second-order valence-electron chi connectivity index (χ2n) is 9.05. The zero-order valence-electron chi connectivity index (χ0n) is 20.7. The molecule has 9 heteroatoms. The van der Waals surface area contributed by atoms with Crippen LogP contribution in [0.4, 0.5) is 16.3 Å². The molecule has 0 bridgehead atoms. The highest BCUT2D eigenvalue weighted by molar-refractivity contribution is 5.59. The van der Waals surface area contributed by atoms with Gasteiger partial charge in [-0.1, -0.05) is 57.2 Å². The molecule has 0 radical (unpaired) electrons. The first-order valence-electron chi connectivity index (χ1n) is 11.8. The summed E-state index contributed by atoms with van der Waals surface area (Å²) in [5.41, 5.74) is 8.49. The highest BCUT2D eigenvalue weighted by atomic mass is 19.1. The van der Waals surface area contributed by atoms with Crippen molar-refractivity contribution in [1.29, 1.82) is 0 Å². The summed E-state index contributed by atoms with van der Waals surface area (Å²) in [4.78, 5) is 13.7. The van der Waals surface area contributed by atoms with Gasteiger partial charge >= 0.3 is 0 Å². The van der Waals surface area contributed by atoms with Crippen LogP contribution in [-0.2, 0) is 21.4 Å². The largest absolute Gasteiger partial charge is 0.378 e. The molecule has 0 aliphatic heterocycles. The average molecular weight is 483 g/mol. The fourth-order valence-electron chi connectivity index (χ4n) is 3.21. The Morgan fingerprint density at radius 1 is 0.800 bits per heavy atom. The highest BCUT2D eigenvalue weighted by Crippen LogP contribution is 2.25. The number of nitrogens with one attached hydrogen (secondary N) is 2. The molecule has 1 aromatic heterocycles. The number of nitrogens with two attached hydrogens (primary N) is 1. The third-order valence-corrected chi connectivity index (χ3v) is 5.17. The quantitative estimate of drug-likeness (QED) is 0.314. The summed E-state index contributed by atoms with van der Waals surface area (Å²) in [5, 5.41) is 6.42. The van der Waals surface area contributed by atoms with E-state index >= 15 is 0 Å². The summed E-state index contributed by atoms with van der Waals surface area (Å²) in [7, 11) is 0. The van der Waals surface area contributed by atoms with Gasteiger partial charge in [-0.05, 0) is 28.7 Å². The minimum Gasteiger partial charge on any atom is -0.378 e. The Kier molecular flexibility index (Phi) is 9.89. The minimum absolute atomic E-state index is 0.0571. The Morgan fingerprint density at radius 2 is 1.43 bits per heavy atom. The lowest BCUT2D eigenvalue weighted by Crippen LogP contribution is -2.16. The van der Waals surface area contributed by atoms with Crippen LogP contribution >= 0.6 is 0 Å². The first-order valence-corrected chi connectivity index (χ1v) is 11.8. The summed E-state index contributed by atoms with van der Waals surface area (Å²) >= 11 is 0. The molecule has 0 unspecified atom stereocenters. The van der Waals surface area contributed by atoms with Crippen molar-refractivity contribution in [3.63, 3.8) is 0 Å². The van der Waals surface area contributed by atoms with Crippen molar-refractivity contribution in [2.45, 2.75) is 32.7 Å². The van der Waals surface area contributed by atoms with Gasteiger partial charge in [-0.2, -0.15) is 15.0 Å². The molecule has 3 rings (SSSR count). The number of benzene rings is 2. The van der Waals surface area contributed by atoms with Gasteiger partial charge in [0.1, 0.15) is 5.82 Å². The maximum Gasteiger partial charge on any atom is 0.228 e. The Hall–Kier alpha value is -3.14. The van der Waals surface area contributed by atoms with Crippen LogP contribution in [0.15, 0.2) is 48.5 Å². The van der Waals surface area contributed by atoms with Crippen LogP contribution in [0.2, 0.25) is 0 Å². The first kappa shape index (κ1) is 26.5. The van der Waals surface area contributed by atoms with Crippen LogP contribution in [0.25, 0.3) is 11.4 Å². The number of hydrogen-bond acceptors (Lipinski definition) is 8.